The molecule has 5 heteroatoms. The molecule has 0 bridgehead atoms. The Labute approximate surface area is 110 Å². The Bertz CT molecular complexity index is 650. The molecule has 1 saturated carbocycles. The molecule has 0 unspecified atom stereocenters. The van der Waals surface area contributed by atoms with Crippen molar-refractivity contribution in [1.82, 2.24) is 4.98 Å². The molecule has 0 radical (unpaired) electrons. The summed E-state index contributed by atoms with van der Waals surface area (Å²) in [6.07, 6.45) is 2.93. The summed E-state index contributed by atoms with van der Waals surface area (Å²) in [4.78, 5) is 15.5. The van der Waals surface area contributed by atoms with Gasteiger partial charge in [-0.2, -0.15) is 0 Å². The zero-order chi connectivity index (χ0) is 13.5. The van der Waals surface area contributed by atoms with Gasteiger partial charge in [-0.15, -0.1) is 0 Å². The molecule has 0 spiro atoms. The van der Waals surface area contributed by atoms with Crippen LogP contribution in [0.1, 0.15) is 12.8 Å². The van der Waals surface area contributed by atoms with Gasteiger partial charge in [-0.05, 0) is 36.4 Å². The van der Waals surface area contributed by atoms with Crippen molar-refractivity contribution in [1.29, 1.82) is 0 Å². The first-order chi connectivity index (χ1) is 9.14. The van der Waals surface area contributed by atoms with Crippen LogP contribution < -0.4 is 10.1 Å². The summed E-state index contributed by atoms with van der Waals surface area (Å²) in [6.45, 7) is 0. The molecule has 19 heavy (non-hydrogen) atoms. The van der Waals surface area contributed by atoms with Crippen molar-refractivity contribution in [2.24, 2.45) is 0 Å². The topological polar surface area (TPSA) is 71.5 Å². The predicted molar refractivity (Wildman–Crippen MR) is 71.5 cm³/mol. The van der Waals surface area contributed by atoms with Crippen molar-refractivity contribution in [3.63, 3.8) is 0 Å². The second kappa shape index (κ2) is 4.12. The van der Waals surface area contributed by atoms with Crippen LogP contribution in [-0.2, 0) is 4.79 Å². The molecule has 1 aromatic carbocycles. The molecule has 1 aromatic heterocycles. The van der Waals surface area contributed by atoms with Gasteiger partial charge in [0.25, 0.3) is 0 Å². The SMILES string of the molecule is COc1ccc2ccnc(NC3(C(=O)O)CC3)c2c1. The Kier molecular flexibility index (Phi) is 2.55. The Morgan fingerprint density at radius 2 is 2.21 bits per heavy atom. The van der Waals surface area contributed by atoms with E-state index in [1.807, 2.05) is 24.3 Å². The summed E-state index contributed by atoms with van der Waals surface area (Å²) in [7, 11) is 1.60. The third kappa shape index (κ3) is 1.97. The quantitative estimate of drug-likeness (QED) is 0.880. The van der Waals surface area contributed by atoms with Crippen molar-refractivity contribution in [2.45, 2.75) is 18.4 Å². The molecule has 1 aliphatic rings. The van der Waals surface area contributed by atoms with Crippen LogP contribution >= 0.6 is 0 Å². The van der Waals surface area contributed by atoms with Crippen LogP contribution in [-0.4, -0.2) is 28.7 Å². The largest absolute Gasteiger partial charge is 0.497 e. The number of pyridine rings is 1. The second-order valence-electron chi connectivity index (χ2n) is 4.76. The van der Waals surface area contributed by atoms with E-state index >= 15 is 0 Å². The van der Waals surface area contributed by atoms with Crippen LogP contribution in [0.2, 0.25) is 0 Å². The predicted octanol–water partition coefficient (Wildman–Crippen LogP) is 2.27. The number of carboxylic acids is 1. The molecular formula is C14H14N2O3. The Morgan fingerprint density at radius 1 is 1.42 bits per heavy atom. The van der Waals surface area contributed by atoms with E-state index in [1.54, 1.807) is 13.3 Å². The number of rotatable bonds is 4. The molecular weight excluding hydrogens is 244 g/mol. The highest BCUT2D eigenvalue weighted by Crippen LogP contribution is 2.40. The molecule has 0 saturated heterocycles. The van der Waals surface area contributed by atoms with E-state index in [0.717, 1.165) is 16.5 Å². The molecule has 2 N–H and O–H groups in total. The Morgan fingerprint density at radius 3 is 2.84 bits per heavy atom. The van der Waals surface area contributed by atoms with Gasteiger partial charge in [0.2, 0.25) is 0 Å². The normalized spacial score (nSPS) is 16.1. The Balaban J connectivity index is 2.05. The van der Waals surface area contributed by atoms with E-state index in [-0.39, 0.29) is 0 Å². The van der Waals surface area contributed by atoms with Crippen LogP contribution in [0, 0.1) is 0 Å². The first-order valence-corrected chi connectivity index (χ1v) is 6.09. The summed E-state index contributed by atoms with van der Waals surface area (Å²) < 4.78 is 5.20. The number of aliphatic carboxylic acids is 1. The highest BCUT2D eigenvalue weighted by atomic mass is 16.5. The van der Waals surface area contributed by atoms with E-state index in [4.69, 9.17) is 4.74 Å². The number of hydrogen-bond donors (Lipinski definition) is 2. The van der Waals surface area contributed by atoms with Crippen molar-refractivity contribution in [3.05, 3.63) is 30.5 Å². The zero-order valence-electron chi connectivity index (χ0n) is 10.5. The van der Waals surface area contributed by atoms with Crippen LogP contribution in [0.5, 0.6) is 5.75 Å². The van der Waals surface area contributed by atoms with Gasteiger partial charge in [-0.1, -0.05) is 6.07 Å². The molecule has 1 aliphatic carbocycles. The molecule has 0 aliphatic heterocycles. The summed E-state index contributed by atoms with van der Waals surface area (Å²) in [6, 6.07) is 7.56. The number of carboxylic acid groups (broad SMARTS) is 1. The second-order valence-corrected chi connectivity index (χ2v) is 4.76. The number of anilines is 1. The minimum atomic E-state index is -0.843. The maximum atomic E-state index is 11.2. The summed E-state index contributed by atoms with van der Waals surface area (Å²) in [5, 5.41) is 14.1. The monoisotopic (exact) mass is 258 g/mol. The highest BCUT2D eigenvalue weighted by molar-refractivity contribution is 5.95. The number of nitrogens with zero attached hydrogens (tertiary/aromatic N) is 1. The van der Waals surface area contributed by atoms with E-state index in [2.05, 4.69) is 10.3 Å². The Hall–Kier alpha value is -2.30. The van der Waals surface area contributed by atoms with E-state index < -0.39 is 11.5 Å². The van der Waals surface area contributed by atoms with Crippen LogP contribution in [0.15, 0.2) is 30.5 Å². The fraction of sp³-hybridized carbons (Fsp3) is 0.286. The smallest absolute Gasteiger partial charge is 0.329 e. The van der Waals surface area contributed by atoms with Gasteiger partial charge < -0.3 is 15.2 Å². The highest BCUT2D eigenvalue weighted by Gasteiger charge is 2.50. The molecule has 1 fully saturated rings. The average molecular weight is 258 g/mol. The fourth-order valence-corrected chi connectivity index (χ4v) is 2.12. The molecule has 2 aromatic rings. The van der Waals surface area contributed by atoms with Crippen LogP contribution in [0.4, 0.5) is 5.82 Å². The number of nitrogens with one attached hydrogen (secondary N) is 1. The lowest BCUT2D eigenvalue weighted by molar-refractivity contribution is -0.138. The van der Waals surface area contributed by atoms with Gasteiger partial charge in [0.15, 0.2) is 0 Å². The number of carbonyl (C=O) groups is 1. The number of benzene rings is 1. The number of methoxy groups -OCH3 is 1. The standard InChI is InChI=1S/C14H14N2O3/c1-19-10-3-2-9-4-7-15-12(11(9)8-10)16-14(5-6-14)13(17)18/h2-4,7-8H,5-6H2,1H3,(H,15,16)(H,17,18). The average Bonchev–Trinajstić information content (AvgIpc) is 3.20. The van der Waals surface area contributed by atoms with Crippen molar-refractivity contribution < 1.29 is 14.6 Å². The third-order valence-corrected chi connectivity index (χ3v) is 3.49. The van der Waals surface area contributed by atoms with Gasteiger partial charge >= 0.3 is 5.97 Å². The lowest BCUT2D eigenvalue weighted by atomic mass is 10.1. The molecule has 3 rings (SSSR count). The molecule has 0 amide bonds. The summed E-state index contributed by atoms with van der Waals surface area (Å²) in [5.74, 6) is 0.495. The lowest BCUT2D eigenvalue weighted by Crippen LogP contribution is -2.31. The van der Waals surface area contributed by atoms with Gasteiger partial charge in [0.1, 0.15) is 17.1 Å². The van der Waals surface area contributed by atoms with Gasteiger partial charge in [0.05, 0.1) is 7.11 Å². The van der Waals surface area contributed by atoms with E-state index in [0.29, 0.717) is 18.7 Å². The molecule has 5 nitrogen and oxygen atoms in total. The van der Waals surface area contributed by atoms with Crippen LogP contribution in [0.3, 0.4) is 0 Å². The fourth-order valence-electron chi connectivity index (χ4n) is 2.12. The molecule has 0 atom stereocenters. The van der Waals surface area contributed by atoms with Crippen molar-refractivity contribution >= 4 is 22.6 Å². The lowest BCUT2D eigenvalue weighted by Gasteiger charge is -2.15. The molecule has 98 valence electrons. The number of aromatic nitrogens is 1. The first-order valence-electron chi connectivity index (χ1n) is 6.09. The van der Waals surface area contributed by atoms with Gasteiger partial charge in [-0.3, -0.25) is 0 Å². The minimum absolute atomic E-state index is 0.594. The van der Waals surface area contributed by atoms with Gasteiger partial charge in [-0.25, -0.2) is 9.78 Å². The van der Waals surface area contributed by atoms with Crippen LogP contribution in [0.25, 0.3) is 10.8 Å². The maximum Gasteiger partial charge on any atom is 0.329 e. The first kappa shape index (κ1) is 11.8. The summed E-state index contributed by atoms with van der Waals surface area (Å²) >= 11 is 0. The molecule has 1 heterocycles. The van der Waals surface area contributed by atoms with Crippen molar-refractivity contribution in [3.8, 4) is 5.75 Å². The van der Waals surface area contributed by atoms with Crippen molar-refractivity contribution in [2.75, 3.05) is 12.4 Å². The minimum Gasteiger partial charge on any atom is -0.497 e. The third-order valence-electron chi connectivity index (χ3n) is 3.49. The number of hydrogen-bond acceptors (Lipinski definition) is 4. The van der Waals surface area contributed by atoms with E-state index in [1.165, 1.54) is 0 Å². The number of ether oxygens (including phenoxy) is 1. The maximum absolute atomic E-state index is 11.2. The summed E-state index contributed by atoms with van der Waals surface area (Å²) in [5.41, 5.74) is -0.843. The zero-order valence-corrected chi connectivity index (χ0v) is 10.5. The van der Waals surface area contributed by atoms with Gasteiger partial charge in [0, 0.05) is 11.6 Å². The number of fused-ring (bicyclic) bond motifs is 1. The van der Waals surface area contributed by atoms with E-state index in [9.17, 15) is 9.90 Å².